The molecule has 0 bridgehead atoms. The molecule has 6 nitrogen and oxygen atoms in total. The van der Waals surface area contributed by atoms with Gasteiger partial charge in [0.2, 0.25) is 5.95 Å². The summed E-state index contributed by atoms with van der Waals surface area (Å²) in [4.78, 5) is 16.5. The fraction of sp³-hybridized carbons (Fsp3) is 0.500. The zero-order chi connectivity index (χ0) is 15.6. The van der Waals surface area contributed by atoms with Crippen LogP contribution in [0.3, 0.4) is 0 Å². The minimum absolute atomic E-state index is 0.0694. The van der Waals surface area contributed by atoms with Crippen LogP contribution >= 0.6 is 0 Å². The van der Waals surface area contributed by atoms with Gasteiger partial charge < -0.3 is 10.0 Å². The highest BCUT2D eigenvalue weighted by Crippen LogP contribution is 2.21. The van der Waals surface area contributed by atoms with Crippen molar-refractivity contribution in [2.24, 2.45) is 0 Å². The maximum absolute atomic E-state index is 13.6. The monoisotopic (exact) mass is 320 g/mol. The molecule has 0 aromatic carbocycles. The summed E-state index contributed by atoms with van der Waals surface area (Å²) in [6.45, 7) is -0.556. The molecule has 0 radical (unpaired) electrons. The lowest BCUT2D eigenvalue weighted by Crippen LogP contribution is -2.43. The van der Waals surface area contributed by atoms with Crippen LogP contribution in [-0.4, -0.2) is 60.0 Å². The van der Waals surface area contributed by atoms with Crippen LogP contribution in [0.4, 0.5) is 8.78 Å². The van der Waals surface area contributed by atoms with Crippen molar-refractivity contribution in [2.75, 3.05) is 24.7 Å². The molecule has 1 aromatic rings. The van der Waals surface area contributed by atoms with Gasteiger partial charge in [-0.25, -0.2) is 17.8 Å². The molecule has 1 fully saturated rings. The third-order valence-corrected chi connectivity index (χ3v) is 5.08. The van der Waals surface area contributed by atoms with Gasteiger partial charge in [-0.15, -0.1) is 0 Å². The Morgan fingerprint density at radius 1 is 1.48 bits per heavy atom. The predicted molar refractivity (Wildman–Crippen MR) is 69.3 cm³/mol. The lowest BCUT2D eigenvalue weighted by atomic mass is 10.1. The van der Waals surface area contributed by atoms with Crippen LogP contribution in [0, 0.1) is 11.8 Å². The molecular formula is C12H14F2N2O4S. The van der Waals surface area contributed by atoms with Crippen molar-refractivity contribution in [2.45, 2.75) is 12.5 Å². The number of hydrogen-bond acceptors (Lipinski definition) is 5. The molecule has 1 aliphatic rings. The minimum atomic E-state index is -3.25. The zero-order valence-corrected chi connectivity index (χ0v) is 11.8. The van der Waals surface area contributed by atoms with Crippen molar-refractivity contribution < 1.29 is 27.1 Å². The number of pyridine rings is 1. The molecule has 9 heteroatoms. The van der Waals surface area contributed by atoms with Crippen LogP contribution in [0.5, 0.6) is 0 Å². The van der Waals surface area contributed by atoms with E-state index >= 15 is 0 Å². The van der Waals surface area contributed by atoms with E-state index < -0.39 is 45.7 Å². The smallest absolute Gasteiger partial charge is 0.257 e. The summed E-state index contributed by atoms with van der Waals surface area (Å²) < 4.78 is 49.7. The lowest BCUT2D eigenvalue weighted by Gasteiger charge is -2.27. The first-order valence-corrected chi connectivity index (χ1v) is 8.10. The number of carbonyl (C=O) groups excluding carboxylic acids is 1. The second-order valence-electron chi connectivity index (χ2n) is 4.74. The van der Waals surface area contributed by atoms with E-state index in [1.807, 2.05) is 0 Å². The topological polar surface area (TPSA) is 87.6 Å². The Morgan fingerprint density at radius 2 is 2.19 bits per heavy atom. The van der Waals surface area contributed by atoms with Gasteiger partial charge in [-0.3, -0.25) is 4.79 Å². The Hall–Kier alpha value is -1.61. The van der Waals surface area contributed by atoms with Crippen LogP contribution in [0.1, 0.15) is 16.8 Å². The first-order valence-electron chi connectivity index (χ1n) is 6.28. The summed E-state index contributed by atoms with van der Waals surface area (Å²) in [5.74, 6) is -3.95. The largest absolute Gasteiger partial charge is 0.395 e. The van der Waals surface area contributed by atoms with Crippen molar-refractivity contribution in [3.05, 3.63) is 29.6 Å². The number of amides is 1. The summed E-state index contributed by atoms with van der Waals surface area (Å²) in [6.07, 6.45) is 1.16. The van der Waals surface area contributed by atoms with E-state index in [-0.39, 0.29) is 24.5 Å². The molecule has 1 N–H and O–H groups in total. The van der Waals surface area contributed by atoms with Crippen molar-refractivity contribution in [1.82, 2.24) is 9.88 Å². The number of halogens is 2. The molecule has 21 heavy (non-hydrogen) atoms. The van der Waals surface area contributed by atoms with Crippen molar-refractivity contribution in [3.8, 4) is 0 Å². The van der Waals surface area contributed by atoms with E-state index in [9.17, 15) is 22.0 Å². The normalized spacial score (nSPS) is 20.4. The van der Waals surface area contributed by atoms with Crippen LogP contribution in [0.2, 0.25) is 0 Å². The van der Waals surface area contributed by atoms with Crippen molar-refractivity contribution >= 4 is 15.7 Å². The third-order valence-electron chi connectivity index (χ3n) is 3.33. The SMILES string of the molecule is O=C(c1ccnc(F)c1F)N(CCO)C1CCS(=O)(=O)C1. The Bertz CT molecular complexity index is 651. The molecule has 0 saturated carbocycles. The summed E-state index contributed by atoms with van der Waals surface area (Å²) in [5, 5.41) is 9.02. The molecule has 2 rings (SSSR count). The second kappa shape index (κ2) is 6.02. The number of nitrogens with zero attached hydrogens (tertiary/aromatic N) is 2. The summed E-state index contributed by atoms with van der Waals surface area (Å²) in [7, 11) is -3.25. The summed E-state index contributed by atoms with van der Waals surface area (Å²) in [6, 6.07) is 0.375. The first-order chi connectivity index (χ1) is 9.85. The molecule has 1 aromatic heterocycles. The Balaban J connectivity index is 2.30. The van der Waals surface area contributed by atoms with Gasteiger partial charge in [0, 0.05) is 18.8 Å². The Morgan fingerprint density at radius 3 is 2.76 bits per heavy atom. The van der Waals surface area contributed by atoms with Crippen molar-refractivity contribution in [1.29, 1.82) is 0 Å². The number of carbonyl (C=O) groups is 1. The quantitative estimate of drug-likeness (QED) is 0.788. The lowest BCUT2D eigenvalue weighted by molar-refractivity contribution is 0.0649. The minimum Gasteiger partial charge on any atom is -0.395 e. The second-order valence-corrected chi connectivity index (χ2v) is 6.97. The number of rotatable bonds is 4. The molecule has 2 heterocycles. The maximum Gasteiger partial charge on any atom is 0.257 e. The average molecular weight is 320 g/mol. The van der Waals surface area contributed by atoms with Gasteiger partial charge in [-0.05, 0) is 12.5 Å². The third kappa shape index (κ3) is 3.35. The van der Waals surface area contributed by atoms with E-state index in [0.717, 1.165) is 17.2 Å². The first kappa shape index (κ1) is 15.8. The van der Waals surface area contributed by atoms with Gasteiger partial charge >= 0.3 is 0 Å². The standard InChI is InChI=1S/C12H14F2N2O4S/c13-10-9(1-3-15-11(10)14)12(18)16(4-5-17)8-2-6-21(19,20)7-8/h1,3,8,17H,2,4-7H2. The van der Waals surface area contributed by atoms with E-state index in [4.69, 9.17) is 5.11 Å². The highest BCUT2D eigenvalue weighted by atomic mass is 32.2. The fourth-order valence-electron chi connectivity index (χ4n) is 2.32. The molecule has 1 aliphatic heterocycles. The van der Waals surface area contributed by atoms with Crippen LogP contribution in [-0.2, 0) is 9.84 Å². The average Bonchev–Trinajstić information content (AvgIpc) is 2.78. The van der Waals surface area contributed by atoms with Gasteiger partial charge in [-0.2, -0.15) is 4.39 Å². The highest BCUT2D eigenvalue weighted by molar-refractivity contribution is 7.91. The van der Waals surface area contributed by atoms with Gasteiger partial charge in [0.25, 0.3) is 5.91 Å². The van der Waals surface area contributed by atoms with Crippen LogP contribution in [0.25, 0.3) is 0 Å². The van der Waals surface area contributed by atoms with Gasteiger partial charge in [-0.1, -0.05) is 0 Å². The summed E-state index contributed by atoms with van der Waals surface area (Å²) in [5.41, 5.74) is -0.528. The van der Waals surface area contributed by atoms with E-state index in [0.29, 0.717) is 0 Å². The van der Waals surface area contributed by atoms with E-state index in [2.05, 4.69) is 4.98 Å². The van der Waals surface area contributed by atoms with Crippen LogP contribution in [0.15, 0.2) is 12.3 Å². The number of aliphatic hydroxyl groups is 1. The predicted octanol–water partition coefficient (Wildman–Crippen LogP) is -0.0186. The molecule has 1 unspecified atom stereocenters. The molecule has 1 amide bonds. The molecule has 0 aliphatic carbocycles. The number of sulfone groups is 1. The number of hydrogen-bond donors (Lipinski definition) is 1. The maximum atomic E-state index is 13.6. The van der Waals surface area contributed by atoms with Gasteiger partial charge in [0.05, 0.1) is 23.7 Å². The molecule has 1 saturated heterocycles. The Labute approximate surface area is 120 Å². The zero-order valence-electron chi connectivity index (χ0n) is 11.0. The van der Waals surface area contributed by atoms with E-state index in [1.54, 1.807) is 0 Å². The molecule has 0 spiro atoms. The molecular weight excluding hydrogens is 306 g/mol. The molecule has 1 atom stereocenters. The number of aliphatic hydroxyl groups excluding tert-OH is 1. The van der Waals surface area contributed by atoms with E-state index in [1.165, 1.54) is 0 Å². The Kier molecular flexibility index (Phi) is 4.52. The summed E-state index contributed by atoms with van der Waals surface area (Å²) >= 11 is 0. The van der Waals surface area contributed by atoms with Crippen LogP contribution < -0.4 is 0 Å². The van der Waals surface area contributed by atoms with Gasteiger partial charge in [0.15, 0.2) is 15.7 Å². The highest BCUT2D eigenvalue weighted by Gasteiger charge is 2.35. The van der Waals surface area contributed by atoms with Crippen molar-refractivity contribution in [3.63, 3.8) is 0 Å². The number of aromatic nitrogens is 1. The molecule has 116 valence electrons. The van der Waals surface area contributed by atoms with Gasteiger partial charge in [0.1, 0.15) is 0 Å². The fourth-order valence-corrected chi connectivity index (χ4v) is 4.05.